The van der Waals surface area contributed by atoms with Crippen LogP contribution in [0.3, 0.4) is 0 Å². The Morgan fingerprint density at radius 2 is 1.32 bits per heavy atom. The molecule has 0 aromatic heterocycles. The molecule has 0 saturated carbocycles. The van der Waals surface area contributed by atoms with Gasteiger partial charge in [-0.2, -0.15) is 0 Å². The van der Waals surface area contributed by atoms with E-state index in [4.69, 9.17) is 0 Å². The Kier molecular flexibility index (Phi) is 9.31. The molecule has 0 aliphatic rings. The van der Waals surface area contributed by atoms with Gasteiger partial charge in [0.05, 0.1) is 18.1 Å². The van der Waals surface area contributed by atoms with Gasteiger partial charge in [0.1, 0.15) is 6.04 Å². The van der Waals surface area contributed by atoms with Crippen molar-refractivity contribution in [3.63, 3.8) is 0 Å². The zero-order valence-corrected chi connectivity index (χ0v) is 23.3. The first-order valence-electron chi connectivity index (χ1n) is 12.9. The smallest absolute Gasteiger partial charge is 0.327 e. The number of aryl methyl sites for hydroxylation is 1. The van der Waals surface area contributed by atoms with E-state index in [0.29, 0.717) is 11.1 Å². The summed E-state index contributed by atoms with van der Waals surface area (Å²) in [6, 6.07) is 29.1. The molecular weight excluding hydrogens is 540 g/mol. The minimum Gasteiger partial charge on any atom is -0.480 e. The van der Waals surface area contributed by atoms with E-state index in [-0.39, 0.29) is 17.9 Å². The third kappa shape index (κ3) is 8.12. The number of nitrogens with one attached hydrogen (secondary N) is 1. The van der Waals surface area contributed by atoms with Gasteiger partial charge in [-0.1, -0.05) is 103 Å². The summed E-state index contributed by atoms with van der Waals surface area (Å²) in [5.41, 5.74) is 4.19. The fourth-order valence-electron chi connectivity index (χ4n) is 4.25. The molecule has 0 spiro atoms. The second-order valence-electron chi connectivity index (χ2n) is 9.70. The summed E-state index contributed by atoms with van der Waals surface area (Å²) in [7, 11) is -3.92. The van der Waals surface area contributed by atoms with Gasteiger partial charge in [-0.25, -0.2) is 18.0 Å². The Labute approximate surface area is 239 Å². The monoisotopic (exact) mass is 570 g/mol. The normalized spacial score (nSPS) is 11.8. The standard InChI is InChI=1S/C32H30N2O6S/c1-23-12-14-24(15-13-23)20-34(30(35)28-18-16-27(17-19-28)26-10-6-3-7-11-26)32(38)33-29(31(36)37)22-41(39,40)21-25-8-4-2-5-9-25/h2-19,29H,20-22H2,1H3,(H,33,38)(H,36,37)/t29-/m0/s1. The lowest BCUT2D eigenvalue weighted by Crippen LogP contribution is -2.52. The SMILES string of the molecule is Cc1ccc(CN(C(=O)N[C@@H](CS(=O)(=O)Cc2ccccc2)C(=O)O)C(=O)c2ccc(-c3ccccc3)cc2)cc1. The zero-order valence-electron chi connectivity index (χ0n) is 22.4. The van der Waals surface area contributed by atoms with E-state index in [0.717, 1.165) is 21.6 Å². The third-order valence-electron chi connectivity index (χ3n) is 6.44. The van der Waals surface area contributed by atoms with Crippen molar-refractivity contribution in [1.82, 2.24) is 10.2 Å². The van der Waals surface area contributed by atoms with Crippen molar-refractivity contribution >= 4 is 27.7 Å². The molecule has 0 heterocycles. The maximum atomic E-state index is 13.6. The number of amides is 3. The summed E-state index contributed by atoms with van der Waals surface area (Å²) in [4.78, 5) is 39.9. The number of aliphatic carboxylic acids is 1. The highest BCUT2D eigenvalue weighted by molar-refractivity contribution is 7.90. The molecule has 4 aromatic carbocycles. The molecular formula is C32H30N2O6S. The van der Waals surface area contributed by atoms with Crippen LogP contribution < -0.4 is 5.32 Å². The van der Waals surface area contributed by atoms with E-state index in [1.165, 1.54) is 0 Å². The molecule has 4 rings (SSSR count). The van der Waals surface area contributed by atoms with Crippen molar-refractivity contribution in [3.05, 3.63) is 131 Å². The topological polar surface area (TPSA) is 121 Å². The van der Waals surface area contributed by atoms with E-state index in [9.17, 15) is 27.9 Å². The summed E-state index contributed by atoms with van der Waals surface area (Å²) in [5.74, 6) is -3.39. The maximum Gasteiger partial charge on any atom is 0.327 e. The van der Waals surface area contributed by atoms with Crippen LogP contribution in [0.25, 0.3) is 11.1 Å². The lowest BCUT2D eigenvalue weighted by molar-refractivity contribution is -0.138. The maximum absolute atomic E-state index is 13.6. The van der Waals surface area contributed by atoms with Gasteiger partial charge >= 0.3 is 12.0 Å². The van der Waals surface area contributed by atoms with Crippen LogP contribution in [-0.2, 0) is 26.9 Å². The number of hydrogen-bond donors (Lipinski definition) is 2. The number of nitrogens with zero attached hydrogens (tertiary/aromatic N) is 1. The van der Waals surface area contributed by atoms with Crippen LogP contribution >= 0.6 is 0 Å². The largest absolute Gasteiger partial charge is 0.480 e. The number of carboxylic acids is 1. The molecule has 0 bridgehead atoms. The molecule has 4 aromatic rings. The second-order valence-corrected chi connectivity index (χ2v) is 11.8. The van der Waals surface area contributed by atoms with Crippen LogP contribution in [0.15, 0.2) is 109 Å². The van der Waals surface area contributed by atoms with Crippen LogP contribution in [0.5, 0.6) is 0 Å². The molecule has 210 valence electrons. The highest BCUT2D eigenvalue weighted by Crippen LogP contribution is 2.21. The van der Waals surface area contributed by atoms with Crippen molar-refractivity contribution in [2.24, 2.45) is 0 Å². The molecule has 0 unspecified atom stereocenters. The predicted octanol–water partition coefficient (Wildman–Crippen LogP) is 5.08. The van der Waals surface area contributed by atoms with Gasteiger partial charge in [0, 0.05) is 5.56 Å². The van der Waals surface area contributed by atoms with Gasteiger partial charge in [-0.15, -0.1) is 0 Å². The van der Waals surface area contributed by atoms with E-state index in [1.807, 2.05) is 49.4 Å². The number of imide groups is 1. The number of rotatable bonds is 10. The molecule has 0 aliphatic carbocycles. The molecule has 9 heteroatoms. The number of hydrogen-bond acceptors (Lipinski definition) is 5. The Bertz CT molecular complexity index is 1600. The van der Waals surface area contributed by atoms with Gasteiger partial charge in [-0.05, 0) is 41.3 Å². The van der Waals surface area contributed by atoms with Crippen LogP contribution in [0, 0.1) is 6.92 Å². The predicted molar refractivity (Wildman–Crippen MR) is 157 cm³/mol. The molecule has 2 N–H and O–H groups in total. The van der Waals surface area contributed by atoms with E-state index in [2.05, 4.69) is 5.32 Å². The Morgan fingerprint density at radius 3 is 1.90 bits per heavy atom. The molecule has 0 saturated heterocycles. The first kappa shape index (κ1) is 29.2. The van der Waals surface area contributed by atoms with Crippen molar-refractivity contribution in [1.29, 1.82) is 0 Å². The van der Waals surface area contributed by atoms with Crippen LogP contribution in [0.4, 0.5) is 4.79 Å². The van der Waals surface area contributed by atoms with Crippen molar-refractivity contribution in [2.45, 2.75) is 25.3 Å². The summed E-state index contributed by atoms with van der Waals surface area (Å²) >= 11 is 0. The molecule has 8 nitrogen and oxygen atoms in total. The lowest BCUT2D eigenvalue weighted by atomic mass is 10.0. The average Bonchev–Trinajstić information content (AvgIpc) is 2.96. The number of sulfone groups is 1. The first-order valence-corrected chi connectivity index (χ1v) is 14.7. The molecule has 0 aliphatic heterocycles. The van der Waals surface area contributed by atoms with E-state index in [1.54, 1.807) is 66.7 Å². The number of carbonyl (C=O) groups is 3. The van der Waals surface area contributed by atoms with Crippen LogP contribution in [-0.4, -0.2) is 48.1 Å². The summed E-state index contributed by atoms with van der Waals surface area (Å²) in [6.07, 6.45) is 0. The fraction of sp³-hybridized carbons (Fsp3) is 0.156. The van der Waals surface area contributed by atoms with Gasteiger partial charge in [0.25, 0.3) is 5.91 Å². The molecule has 3 amide bonds. The third-order valence-corrected chi connectivity index (χ3v) is 8.05. The highest BCUT2D eigenvalue weighted by Gasteiger charge is 2.31. The average molecular weight is 571 g/mol. The van der Waals surface area contributed by atoms with Crippen molar-refractivity contribution in [3.8, 4) is 11.1 Å². The van der Waals surface area contributed by atoms with Crippen LogP contribution in [0.1, 0.15) is 27.0 Å². The van der Waals surface area contributed by atoms with Gasteiger partial charge in [0.15, 0.2) is 9.84 Å². The molecule has 0 radical (unpaired) electrons. The summed E-state index contributed by atoms with van der Waals surface area (Å²) in [5, 5.41) is 12.0. The Balaban J connectivity index is 1.57. The minimum atomic E-state index is -3.92. The number of urea groups is 1. The number of carboxylic acid groups (broad SMARTS) is 1. The highest BCUT2D eigenvalue weighted by atomic mass is 32.2. The van der Waals surface area contributed by atoms with Crippen molar-refractivity contribution in [2.75, 3.05) is 5.75 Å². The van der Waals surface area contributed by atoms with Crippen LogP contribution in [0.2, 0.25) is 0 Å². The summed E-state index contributed by atoms with van der Waals surface area (Å²) in [6.45, 7) is 1.76. The number of carbonyl (C=O) groups excluding carboxylic acids is 2. The molecule has 41 heavy (non-hydrogen) atoms. The van der Waals surface area contributed by atoms with E-state index >= 15 is 0 Å². The van der Waals surface area contributed by atoms with Gasteiger partial charge < -0.3 is 10.4 Å². The van der Waals surface area contributed by atoms with E-state index < -0.39 is 39.5 Å². The summed E-state index contributed by atoms with van der Waals surface area (Å²) < 4.78 is 25.6. The first-order chi connectivity index (χ1) is 19.6. The zero-order chi connectivity index (χ0) is 29.4. The second kappa shape index (κ2) is 13.1. The molecule has 1 atom stereocenters. The van der Waals surface area contributed by atoms with Gasteiger partial charge in [0.2, 0.25) is 0 Å². The fourth-order valence-corrected chi connectivity index (χ4v) is 5.80. The molecule has 0 fully saturated rings. The Hall–Kier alpha value is -4.76. The quantitative estimate of drug-likeness (QED) is 0.274. The minimum absolute atomic E-state index is 0.144. The number of benzene rings is 4. The lowest BCUT2D eigenvalue weighted by Gasteiger charge is -2.24. The van der Waals surface area contributed by atoms with Gasteiger partial charge in [-0.3, -0.25) is 9.69 Å². The Morgan fingerprint density at radius 1 is 0.756 bits per heavy atom. The van der Waals surface area contributed by atoms with Crippen molar-refractivity contribution < 1.29 is 27.9 Å².